The third kappa shape index (κ3) is 7.70. The van der Waals surface area contributed by atoms with Crippen LogP contribution in [0.4, 0.5) is 18.9 Å². The van der Waals surface area contributed by atoms with E-state index >= 15 is 0 Å². The Morgan fingerprint density at radius 3 is 2.30 bits per heavy atom. The standard InChI is InChI=1S/C24H28F3NO4S/c1-6-16-8-7-15(12-21(29)30)11-19(16)32-18-10-9-17(28-22(31)23(3,4)5)13-20(18)33-14(2)24(25,26)27/h7-11,13-14H,6,12H2,1-5H3,(H,28,31)(H,29,30). The largest absolute Gasteiger partial charge is 0.481 e. The third-order valence-corrected chi connectivity index (χ3v) is 5.93. The number of benzene rings is 2. The molecule has 0 fully saturated rings. The fourth-order valence-corrected chi connectivity index (χ4v) is 3.66. The molecule has 2 N–H and O–H groups in total. The predicted octanol–water partition coefficient (Wildman–Crippen LogP) is 6.70. The van der Waals surface area contributed by atoms with Crippen molar-refractivity contribution in [2.45, 2.75) is 63.8 Å². The summed E-state index contributed by atoms with van der Waals surface area (Å²) < 4.78 is 45.8. The fourth-order valence-electron chi connectivity index (χ4n) is 2.73. The Morgan fingerprint density at radius 2 is 1.76 bits per heavy atom. The van der Waals surface area contributed by atoms with Crippen LogP contribution >= 0.6 is 11.8 Å². The molecule has 0 aliphatic rings. The van der Waals surface area contributed by atoms with Crippen molar-refractivity contribution in [3.8, 4) is 11.5 Å². The summed E-state index contributed by atoms with van der Waals surface area (Å²) in [4.78, 5) is 23.6. The van der Waals surface area contributed by atoms with Crippen molar-refractivity contribution in [2.75, 3.05) is 5.32 Å². The quantitative estimate of drug-likeness (QED) is 0.409. The molecule has 180 valence electrons. The van der Waals surface area contributed by atoms with Crippen LogP contribution in [0.25, 0.3) is 0 Å². The summed E-state index contributed by atoms with van der Waals surface area (Å²) in [6.45, 7) is 8.15. The Balaban J connectivity index is 2.46. The summed E-state index contributed by atoms with van der Waals surface area (Å²) in [5.41, 5.74) is 0.979. The van der Waals surface area contributed by atoms with Crippen LogP contribution in [0.1, 0.15) is 45.7 Å². The number of aryl methyl sites for hydroxylation is 1. The van der Waals surface area contributed by atoms with E-state index in [1.54, 1.807) is 45.0 Å². The number of rotatable bonds is 8. The first-order valence-electron chi connectivity index (χ1n) is 10.4. The Labute approximate surface area is 195 Å². The highest BCUT2D eigenvalue weighted by Crippen LogP contribution is 2.42. The molecule has 0 aliphatic carbocycles. The van der Waals surface area contributed by atoms with Crippen LogP contribution in [0.2, 0.25) is 0 Å². The number of alkyl halides is 3. The molecule has 0 heterocycles. The molecule has 0 aromatic heterocycles. The lowest BCUT2D eigenvalue weighted by atomic mass is 9.95. The van der Waals surface area contributed by atoms with E-state index in [1.165, 1.54) is 12.1 Å². The van der Waals surface area contributed by atoms with Crippen molar-refractivity contribution in [2.24, 2.45) is 5.41 Å². The Kier molecular flexibility index (Phi) is 8.46. The van der Waals surface area contributed by atoms with Gasteiger partial charge in [0.2, 0.25) is 5.91 Å². The highest BCUT2D eigenvalue weighted by Gasteiger charge is 2.37. The highest BCUT2D eigenvalue weighted by molar-refractivity contribution is 8.00. The first-order chi connectivity index (χ1) is 15.2. The van der Waals surface area contributed by atoms with Gasteiger partial charge in [0.1, 0.15) is 16.7 Å². The molecular formula is C24H28F3NO4S. The van der Waals surface area contributed by atoms with Crippen LogP contribution in [0, 0.1) is 5.41 Å². The number of ether oxygens (including phenoxy) is 1. The van der Waals surface area contributed by atoms with Crippen LogP contribution in [0.15, 0.2) is 41.3 Å². The number of hydrogen-bond acceptors (Lipinski definition) is 4. The van der Waals surface area contributed by atoms with E-state index in [9.17, 15) is 22.8 Å². The molecule has 0 saturated heterocycles. The van der Waals surface area contributed by atoms with Gasteiger partial charge in [0.15, 0.2) is 0 Å². The van der Waals surface area contributed by atoms with E-state index in [0.717, 1.165) is 12.5 Å². The zero-order valence-electron chi connectivity index (χ0n) is 19.2. The molecule has 1 amide bonds. The molecule has 1 atom stereocenters. The monoisotopic (exact) mass is 483 g/mol. The van der Waals surface area contributed by atoms with Crippen LogP contribution < -0.4 is 10.1 Å². The van der Waals surface area contributed by atoms with Crippen LogP contribution in [0.3, 0.4) is 0 Å². The lowest BCUT2D eigenvalue weighted by Crippen LogP contribution is -2.27. The smallest absolute Gasteiger partial charge is 0.400 e. The molecule has 2 rings (SSSR count). The van der Waals surface area contributed by atoms with Gasteiger partial charge < -0.3 is 15.2 Å². The molecular weight excluding hydrogens is 455 g/mol. The number of halogens is 3. The minimum atomic E-state index is -4.43. The molecule has 0 saturated carbocycles. The van der Waals surface area contributed by atoms with Crippen molar-refractivity contribution >= 4 is 29.3 Å². The number of anilines is 1. The lowest BCUT2D eigenvalue weighted by molar-refractivity contribution is -0.136. The zero-order chi connectivity index (χ0) is 25.0. The van der Waals surface area contributed by atoms with Gasteiger partial charge in [-0.3, -0.25) is 9.59 Å². The number of carboxylic acids is 1. The zero-order valence-corrected chi connectivity index (χ0v) is 20.0. The second-order valence-corrected chi connectivity index (χ2v) is 10.0. The molecule has 1 unspecified atom stereocenters. The molecule has 2 aromatic rings. The number of carboxylic acid groups (broad SMARTS) is 1. The van der Waals surface area contributed by atoms with Crippen LogP contribution in [0.5, 0.6) is 11.5 Å². The summed E-state index contributed by atoms with van der Waals surface area (Å²) in [6, 6.07) is 9.55. The lowest BCUT2D eigenvalue weighted by Gasteiger charge is -2.21. The van der Waals surface area contributed by atoms with Gasteiger partial charge in [0.25, 0.3) is 0 Å². The average molecular weight is 484 g/mol. The SMILES string of the molecule is CCc1ccc(CC(=O)O)cc1Oc1ccc(NC(=O)C(C)(C)C)cc1SC(C)C(F)(F)F. The maximum atomic E-state index is 13.3. The second kappa shape index (κ2) is 10.5. The summed E-state index contributed by atoms with van der Waals surface area (Å²) in [7, 11) is 0. The van der Waals surface area contributed by atoms with E-state index < -0.39 is 22.8 Å². The fraction of sp³-hybridized carbons (Fsp3) is 0.417. The Bertz CT molecular complexity index is 1020. The summed E-state index contributed by atoms with van der Waals surface area (Å²) in [5, 5.41) is 10.1. The first kappa shape index (κ1) is 26.6. The number of nitrogens with one attached hydrogen (secondary N) is 1. The summed E-state index contributed by atoms with van der Waals surface area (Å²) in [6.07, 6.45) is -4.04. The van der Waals surface area contributed by atoms with Crippen molar-refractivity contribution < 1.29 is 32.6 Å². The molecule has 0 bridgehead atoms. The maximum absolute atomic E-state index is 13.3. The molecule has 2 aromatic carbocycles. The predicted molar refractivity (Wildman–Crippen MR) is 123 cm³/mol. The summed E-state index contributed by atoms with van der Waals surface area (Å²) in [5.74, 6) is -0.707. The molecule has 5 nitrogen and oxygen atoms in total. The van der Waals surface area contributed by atoms with E-state index in [1.807, 2.05) is 6.92 Å². The van der Waals surface area contributed by atoms with Gasteiger partial charge in [-0.15, -0.1) is 11.8 Å². The van der Waals surface area contributed by atoms with Gasteiger partial charge in [-0.25, -0.2) is 0 Å². The highest BCUT2D eigenvalue weighted by atomic mass is 32.2. The molecule has 9 heteroatoms. The van der Waals surface area contributed by atoms with Crippen LogP contribution in [-0.2, 0) is 22.4 Å². The van der Waals surface area contributed by atoms with Gasteiger partial charge in [-0.1, -0.05) is 39.8 Å². The normalized spacial score (nSPS) is 12.8. The van der Waals surface area contributed by atoms with Crippen LogP contribution in [-0.4, -0.2) is 28.4 Å². The number of amides is 1. The van der Waals surface area contributed by atoms with Gasteiger partial charge in [0, 0.05) is 11.1 Å². The van der Waals surface area contributed by atoms with E-state index in [4.69, 9.17) is 9.84 Å². The maximum Gasteiger partial charge on any atom is 0.400 e. The number of aliphatic carboxylic acids is 1. The number of carbonyl (C=O) groups is 2. The third-order valence-electron chi connectivity index (χ3n) is 4.74. The van der Waals surface area contributed by atoms with Crippen molar-refractivity contribution in [3.05, 3.63) is 47.5 Å². The van der Waals surface area contributed by atoms with Crippen molar-refractivity contribution in [1.29, 1.82) is 0 Å². The van der Waals surface area contributed by atoms with Gasteiger partial charge in [-0.2, -0.15) is 13.2 Å². The van der Waals surface area contributed by atoms with E-state index in [2.05, 4.69) is 5.32 Å². The molecule has 0 spiro atoms. The number of thioether (sulfide) groups is 1. The minimum absolute atomic E-state index is 0.187. The Morgan fingerprint density at radius 1 is 1.09 bits per heavy atom. The van der Waals surface area contributed by atoms with E-state index in [-0.39, 0.29) is 23.0 Å². The average Bonchev–Trinajstić information content (AvgIpc) is 2.68. The van der Waals surface area contributed by atoms with E-state index in [0.29, 0.717) is 35.2 Å². The molecule has 33 heavy (non-hydrogen) atoms. The van der Waals surface area contributed by atoms with Crippen molar-refractivity contribution in [3.63, 3.8) is 0 Å². The van der Waals surface area contributed by atoms with Gasteiger partial charge in [-0.05, 0) is 48.7 Å². The minimum Gasteiger partial charge on any atom is -0.481 e. The summed E-state index contributed by atoms with van der Waals surface area (Å²) >= 11 is 0.578. The molecule has 0 aliphatic heterocycles. The van der Waals surface area contributed by atoms with Gasteiger partial charge in [0.05, 0.1) is 11.3 Å². The molecule has 0 radical (unpaired) electrons. The van der Waals surface area contributed by atoms with Gasteiger partial charge >= 0.3 is 12.1 Å². The Hall–Kier alpha value is -2.68. The number of carbonyl (C=O) groups excluding carboxylic acids is 1. The topological polar surface area (TPSA) is 75.6 Å². The first-order valence-corrected chi connectivity index (χ1v) is 11.3. The number of hydrogen-bond donors (Lipinski definition) is 2. The van der Waals surface area contributed by atoms with Crippen molar-refractivity contribution in [1.82, 2.24) is 0 Å². The second-order valence-electron chi connectivity index (χ2n) is 8.64.